The fourth-order valence-corrected chi connectivity index (χ4v) is 4.59. The zero-order chi connectivity index (χ0) is 13.8. The maximum Gasteiger partial charge on any atom is 0.235 e. The fraction of sp³-hybridized carbons (Fsp3) is 0.857. The maximum absolute atomic E-state index is 12.3. The smallest absolute Gasteiger partial charge is 0.235 e. The lowest BCUT2D eigenvalue weighted by Gasteiger charge is -2.28. The first-order valence-electron chi connectivity index (χ1n) is 7.23. The predicted octanol–water partition coefficient (Wildman–Crippen LogP) is 1.51. The Bertz CT molecular complexity index is 373. The molecule has 0 spiro atoms. The Balaban J connectivity index is 1.81. The molecule has 0 aromatic carbocycles. The number of rotatable bonds is 3. The highest BCUT2D eigenvalue weighted by molar-refractivity contribution is 7.86. The van der Waals surface area contributed by atoms with Crippen molar-refractivity contribution in [2.75, 3.05) is 18.8 Å². The normalized spacial score (nSPS) is 30.2. The molecular formula is C14H23NO3S. The van der Waals surface area contributed by atoms with E-state index in [1.807, 2.05) is 0 Å². The van der Waals surface area contributed by atoms with E-state index in [0.717, 1.165) is 19.3 Å². The Morgan fingerprint density at radius 2 is 2.00 bits per heavy atom. The lowest BCUT2D eigenvalue weighted by molar-refractivity contribution is -0.132. The summed E-state index contributed by atoms with van der Waals surface area (Å²) >= 11 is 0. The average Bonchev–Trinajstić information content (AvgIpc) is 2.39. The topological polar surface area (TPSA) is 54.5 Å². The largest absolute Gasteiger partial charge is 0.341 e. The molecule has 19 heavy (non-hydrogen) atoms. The maximum atomic E-state index is 12.3. The van der Waals surface area contributed by atoms with Crippen LogP contribution < -0.4 is 0 Å². The van der Waals surface area contributed by atoms with Crippen molar-refractivity contribution in [2.24, 2.45) is 5.92 Å². The summed E-state index contributed by atoms with van der Waals surface area (Å²) in [5.74, 6) is 0.965. The number of hydrogen-bond donors (Lipinski definition) is 0. The van der Waals surface area contributed by atoms with Gasteiger partial charge >= 0.3 is 0 Å². The summed E-state index contributed by atoms with van der Waals surface area (Å²) < 4.78 is 12.3. The second-order valence-corrected chi connectivity index (χ2v) is 7.56. The molecule has 4 nitrogen and oxygen atoms in total. The fourth-order valence-electron chi connectivity index (χ4n) is 2.95. The summed E-state index contributed by atoms with van der Waals surface area (Å²) in [6.07, 6.45) is 5.23. The Labute approximate surface area is 117 Å². The van der Waals surface area contributed by atoms with E-state index in [2.05, 4.69) is 6.92 Å². The summed E-state index contributed by atoms with van der Waals surface area (Å²) in [6, 6.07) is 0. The molecule has 3 atom stereocenters. The van der Waals surface area contributed by atoms with Gasteiger partial charge in [0.05, 0.1) is 0 Å². The van der Waals surface area contributed by atoms with E-state index in [1.54, 1.807) is 4.90 Å². The highest BCUT2D eigenvalue weighted by atomic mass is 32.2. The van der Waals surface area contributed by atoms with Crippen LogP contribution in [-0.4, -0.2) is 44.9 Å². The molecule has 1 aliphatic heterocycles. The summed E-state index contributed by atoms with van der Waals surface area (Å²) in [7, 11) is -1.04. The SMILES string of the molecule is CC1CCCC(S(=O)CC(=O)N2CCC(=O)CC2)C1. The van der Waals surface area contributed by atoms with Crippen LogP contribution >= 0.6 is 0 Å². The van der Waals surface area contributed by atoms with E-state index in [9.17, 15) is 13.8 Å². The van der Waals surface area contributed by atoms with Gasteiger partial charge in [-0.3, -0.25) is 13.8 Å². The van der Waals surface area contributed by atoms with E-state index in [-0.39, 0.29) is 22.7 Å². The number of likely N-dealkylation sites (tertiary alicyclic amines) is 1. The van der Waals surface area contributed by atoms with E-state index in [0.29, 0.717) is 31.8 Å². The van der Waals surface area contributed by atoms with Crippen LogP contribution in [0.5, 0.6) is 0 Å². The molecule has 2 fully saturated rings. The predicted molar refractivity (Wildman–Crippen MR) is 75.3 cm³/mol. The number of carbonyl (C=O) groups is 2. The standard InChI is InChI=1S/C14H23NO3S/c1-11-3-2-4-13(9-11)19(18)10-14(17)15-7-5-12(16)6-8-15/h11,13H,2-10H2,1H3. The Morgan fingerprint density at radius 1 is 1.32 bits per heavy atom. The third-order valence-corrected chi connectivity index (χ3v) is 5.90. The van der Waals surface area contributed by atoms with E-state index in [1.165, 1.54) is 6.42 Å². The zero-order valence-corrected chi connectivity index (χ0v) is 12.4. The second-order valence-electron chi connectivity index (χ2n) is 5.84. The molecule has 0 radical (unpaired) electrons. The van der Waals surface area contributed by atoms with E-state index >= 15 is 0 Å². The minimum absolute atomic E-state index is 0.0379. The minimum atomic E-state index is -1.04. The van der Waals surface area contributed by atoms with Crippen LogP contribution in [0, 0.1) is 5.92 Å². The van der Waals surface area contributed by atoms with Gasteiger partial charge in [-0.15, -0.1) is 0 Å². The van der Waals surface area contributed by atoms with Gasteiger partial charge in [0.25, 0.3) is 0 Å². The molecule has 3 unspecified atom stereocenters. The highest BCUT2D eigenvalue weighted by Gasteiger charge is 2.28. The highest BCUT2D eigenvalue weighted by Crippen LogP contribution is 2.27. The molecule has 1 aliphatic carbocycles. The number of nitrogens with zero attached hydrogens (tertiary/aromatic N) is 1. The molecule has 108 valence electrons. The first-order valence-corrected chi connectivity index (χ1v) is 8.61. The lowest BCUT2D eigenvalue weighted by atomic mass is 9.91. The first-order chi connectivity index (χ1) is 9.06. The van der Waals surface area contributed by atoms with Gasteiger partial charge in [0, 0.05) is 42.0 Å². The molecule has 1 heterocycles. The molecule has 0 bridgehead atoms. The molecule has 1 saturated heterocycles. The number of piperidine rings is 1. The van der Waals surface area contributed by atoms with Crippen molar-refractivity contribution in [2.45, 2.75) is 50.7 Å². The van der Waals surface area contributed by atoms with Crippen molar-refractivity contribution in [1.82, 2.24) is 4.90 Å². The van der Waals surface area contributed by atoms with Gasteiger partial charge in [-0.2, -0.15) is 0 Å². The van der Waals surface area contributed by atoms with Gasteiger partial charge in [-0.25, -0.2) is 0 Å². The first kappa shape index (κ1) is 14.7. The molecular weight excluding hydrogens is 262 g/mol. The van der Waals surface area contributed by atoms with Crippen molar-refractivity contribution < 1.29 is 13.8 Å². The van der Waals surface area contributed by atoms with Gasteiger partial charge in [0.1, 0.15) is 11.5 Å². The molecule has 1 saturated carbocycles. The minimum Gasteiger partial charge on any atom is -0.341 e. The number of carbonyl (C=O) groups excluding carboxylic acids is 2. The molecule has 2 aliphatic rings. The number of hydrogen-bond acceptors (Lipinski definition) is 3. The summed E-state index contributed by atoms with van der Waals surface area (Å²) in [6.45, 7) is 3.22. The van der Waals surface area contributed by atoms with Crippen LogP contribution in [0.1, 0.15) is 45.4 Å². The van der Waals surface area contributed by atoms with Gasteiger partial charge < -0.3 is 4.90 Å². The monoisotopic (exact) mass is 285 g/mol. The Hall–Kier alpha value is -0.710. The molecule has 1 amide bonds. The van der Waals surface area contributed by atoms with Crippen molar-refractivity contribution >= 4 is 22.5 Å². The average molecular weight is 285 g/mol. The van der Waals surface area contributed by atoms with E-state index in [4.69, 9.17) is 0 Å². The molecule has 0 aromatic heterocycles. The lowest BCUT2D eigenvalue weighted by Crippen LogP contribution is -2.42. The number of Topliss-reactive ketones (excluding diaryl/α,β-unsaturated/α-hetero) is 1. The quantitative estimate of drug-likeness (QED) is 0.789. The Kier molecular flexibility index (Phi) is 5.13. The van der Waals surface area contributed by atoms with Crippen LogP contribution in [0.15, 0.2) is 0 Å². The molecule has 0 N–H and O–H groups in total. The van der Waals surface area contributed by atoms with Crippen molar-refractivity contribution in [3.63, 3.8) is 0 Å². The second kappa shape index (κ2) is 6.64. The van der Waals surface area contributed by atoms with Crippen LogP contribution in [0.2, 0.25) is 0 Å². The summed E-state index contributed by atoms with van der Waals surface area (Å²) in [5, 5.41) is 0.194. The number of ketones is 1. The van der Waals surface area contributed by atoms with Crippen molar-refractivity contribution in [1.29, 1.82) is 0 Å². The van der Waals surface area contributed by atoms with Gasteiger partial charge in [-0.05, 0) is 18.8 Å². The van der Waals surface area contributed by atoms with Gasteiger partial charge in [0.15, 0.2) is 0 Å². The van der Waals surface area contributed by atoms with Crippen LogP contribution in [0.4, 0.5) is 0 Å². The number of amides is 1. The molecule has 0 aromatic rings. The van der Waals surface area contributed by atoms with Crippen molar-refractivity contribution in [3.05, 3.63) is 0 Å². The zero-order valence-electron chi connectivity index (χ0n) is 11.6. The summed E-state index contributed by atoms with van der Waals surface area (Å²) in [5.41, 5.74) is 0. The summed E-state index contributed by atoms with van der Waals surface area (Å²) in [4.78, 5) is 24.9. The van der Waals surface area contributed by atoms with Crippen LogP contribution in [0.3, 0.4) is 0 Å². The van der Waals surface area contributed by atoms with Gasteiger partial charge in [-0.1, -0.05) is 19.8 Å². The third-order valence-electron chi connectivity index (χ3n) is 4.20. The molecule has 5 heteroatoms. The van der Waals surface area contributed by atoms with Crippen LogP contribution in [0.25, 0.3) is 0 Å². The van der Waals surface area contributed by atoms with E-state index < -0.39 is 10.8 Å². The van der Waals surface area contributed by atoms with Gasteiger partial charge in [0.2, 0.25) is 5.91 Å². The third kappa shape index (κ3) is 4.13. The van der Waals surface area contributed by atoms with Crippen LogP contribution in [-0.2, 0) is 20.4 Å². The molecule has 2 rings (SSSR count). The van der Waals surface area contributed by atoms with Crippen molar-refractivity contribution in [3.8, 4) is 0 Å². The Morgan fingerprint density at radius 3 is 2.63 bits per heavy atom.